The molecular weight excluding hydrogens is 242 g/mol. The average Bonchev–Trinajstić information content (AvgIpc) is 2.81. The van der Waals surface area contributed by atoms with Crippen molar-refractivity contribution in [1.29, 1.82) is 0 Å². The summed E-state index contributed by atoms with van der Waals surface area (Å²) < 4.78 is 11.0. The van der Waals surface area contributed by atoms with Crippen molar-refractivity contribution in [2.45, 2.75) is 26.4 Å². The minimum absolute atomic E-state index is 0.380. The first-order chi connectivity index (χ1) is 9.25. The topological polar surface area (TPSA) is 51.6 Å². The molecule has 1 atom stereocenters. The van der Waals surface area contributed by atoms with Crippen LogP contribution < -0.4 is 4.74 Å². The zero-order valence-corrected chi connectivity index (χ0v) is 10.7. The SMILES string of the molecule is Cc1ncc2c(c1OCc1ccccc1)C(O)OC2. The Kier molecular flexibility index (Phi) is 3.19. The maximum atomic E-state index is 9.85. The van der Waals surface area contributed by atoms with Crippen molar-refractivity contribution in [3.05, 3.63) is 58.9 Å². The number of aromatic nitrogens is 1. The van der Waals surface area contributed by atoms with Crippen molar-refractivity contribution >= 4 is 0 Å². The van der Waals surface area contributed by atoms with Gasteiger partial charge in [0.05, 0.1) is 17.9 Å². The van der Waals surface area contributed by atoms with Crippen molar-refractivity contribution in [3.8, 4) is 5.75 Å². The predicted octanol–water partition coefficient (Wildman–Crippen LogP) is 2.49. The van der Waals surface area contributed by atoms with E-state index in [2.05, 4.69) is 4.98 Å². The highest BCUT2D eigenvalue weighted by Gasteiger charge is 2.27. The maximum Gasteiger partial charge on any atom is 0.185 e. The Labute approximate surface area is 111 Å². The van der Waals surface area contributed by atoms with Gasteiger partial charge in [-0.25, -0.2) is 0 Å². The molecule has 2 aromatic rings. The van der Waals surface area contributed by atoms with Crippen molar-refractivity contribution in [3.63, 3.8) is 0 Å². The second-order valence-corrected chi connectivity index (χ2v) is 4.55. The summed E-state index contributed by atoms with van der Waals surface area (Å²) in [4.78, 5) is 4.28. The predicted molar refractivity (Wildman–Crippen MR) is 69.5 cm³/mol. The van der Waals surface area contributed by atoms with Gasteiger partial charge in [0.15, 0.2) is 6.29 Å². The third kappa shape index (κ3) is 2.32. The van der Waals surface area contributed by atoms with E-state index in [9.17, 15) is 5.11 Å². The van der Waals surface area contributed by atoms with Crippen LogP contribution in [0.5, 0.6) is 5.75 Å². The third-order valence-electron chi connectivity index (χ3n) is 3.20. The monoisotopic (exact) mass is 257 g/mol. The van der Waals surface area contributed by atoms with Crippen LogP contribution in [-0.2, 0) is 18.0 Å². The van der Waals surface area contributed by atoms with Crippen LogP contribution >= 0.6 is 0 Å². The van der Waals surface area contributed by atoms with Crippen molar-refractivity contribution in [2.75, 3.05) is 0 Å². The molecule has 1 aromatic carbocycles. The zero-order valence-electron chi connectivity index (χ0n) is 10.7. The fourth-order valence-electron chi connectivity index (χ4n) is 2.19. The molecule has 1 aliphatic rings. The van der Waals surface area contributed by atoms with Crippen LogP contribution in [0, 0.1) is 6.92 Å². The second-order valence-electron chi connectivity index (χ2n) is 4.55. The molecule has 0 aliphatic carbocycles. The van der Waals surface area contributed by atoms with Crippen LogP contribution in [0.3, 0.4) is 0 Å². The molecule has 1 unspecified atom stereocenters. The van der Waals surface area contributed by atoms with Gasteiger partial charge in [0.2, 0.25) is 0 Å². The number of hydrogen-bond donors (Lipinski definition) is 1. The van der Waals surface area contributed by atoms with Crippen LogP contribution in [-0.4, -0.2) is 10.1 Å². The van der Waals surface area contributed by atoms with Crippen LogP contribution in [0.15, 0.2) is 36.5 Å². The molecule has 98 valence electrons. The first kappa shape index (κ1) is 12.1. The minimum atomic E-state index is -0.914. The van der Waals surface area contributed by atoms with Gasteiger partial charge in [-0.3, -0.25) is 4.98 Å². The van der Waals surface area contributed by atoms with Gasteiger partial charge in [-0.1, -0.05) is 30.3 Å². The lowest BCUT2D eigenvalue weighted by molar-refractivity contribution is -0.0928. The molecule has 3 rings (SSSR count). The third-order valence-corrected chi connectivity index (χ3v) is 3.20. The number of fused-ring (bicyclic) bond motifs is 1. The van der Waals surface area contributed by atoms with Gasteiger partial charge in [0.1, 0.15) is 12.4 Å². The summed E-state index contributed by atoms with van der Waals surface area (Å²) in [5.74, 6) is 0.631. The molecule has 4 heteroatoms. The summed E-state index contributed by atoms with van der Waals surface area (Å²) in [6.07, 6.45) is 0.818. The van der Waals surface area contributed by atoms with E-state index >= 15 is 0 Å². The van der Waals surface area contributed by atoms with Gasteiger partial charge in [-0.2, -0.15) is 0 Å². The number of pyridine rings is 1. The van der Waals surface area contributed by atoms with Gasteiger partial charge in [-0.05, 0) is 12.5 Å². The molecule has 1 aliphatic heterocycles. The van der Waals surface area contributed by atoms with Crippen molar-refractivity contribution in [1.82, 2.24) is 4.98 Å². The Hall–Kier alpha value is -1.91. The number of rotatable bonds is 3. The molecular formula is C15H15NO3. The lowest BCUT2D eigenvalue weighted by Crippen LogP contribution is -2.04. The number of benzene rings is 1. The molecule has 1 N–H and O–H groups in total. The van der Waals surface area contributed by atoms with E-state index in [4.69, 9.17) is 9.47 Å². The molecule has 0 spiro atoms. The van der Waals surface area contributed by atoms with Crippen LogP contribution in [0.25, 0.3) is 0 Å². The smallest absolute Gasteiger partial charge is 0.185 e. The Bertz CT molecular complexity index is 583. The normalized spacial score (nSPS) is 17.3. The van der Waals surface area contributed by atoms with E-state index in [0.717, 1.165) is 16.8 Å². The molecule has 4 nitrogen and oxygen atoms in total. The van der Waals surface area contributed by atoms with Gasteiger partial charge in [0, 0.05) is 11.8 Å². The van der Waals surface area contributed by atoms with E-state index in [-0.39, 0.29) is 0 Å². The Morgan fingerprint density at radius 1 is 1.37 bits per heavy atom. The van der Waals surface area contributed by atoms with Gasteiger partial charge < -0.3 is 14.6 Å². The summed E-state index contributed by atoms with van der Waals surface area (Å²) in [6.45, 7) is 2.70. The van der Waals surface area contributed by atoms with Gasteiger partial charge in [0.25, 0.3) is 0 Å². The number of aliphatic hydroxyl groups is 1. The van der Waals surface area contributed by atoms with Crippen molar-refractivity contribution in [2.24, 2.45) is 0 Å². The largest absolute Gasteiger partial charge is 0.487 e. The molecule has 1 aromatic heterocycles. The Morgan fingerprint density at radius 3 is 2.95 bits per heavy atom. The van der Waals surface area contributed by atoms with Crippen LogP contribution in [0.1, 0.15) is 28.7 Å². The quantitative estimate of drug-likeness (QED) is 0.917. The van der Waals surface area contributed by atoms with E-state index in [1.165, 1.54) is 0 Å². The van der Waals surface area contributed by atoms with E-state index < -0.39 is 6.29 Å². The van der Waals surface area contributed by atoms with E-state index in [1.807, 2.05) is 37.3 Å². The average molecular weight is 257 g/mol. The zero-order chi connectivity index (χ0) is 13.2. The second kappa shape index (κ2) is 4.99. The van der Waals surface area contributed by atoms with Crippen LogP contribution in [0.4, 0.5) is 0 Å². The summed E-state index contributed by atoms with van der Waals surface area (Å²) in [5, 5.41) is 9.85. The van der Waals surface area contributed by atoms with Crippen LogP contribution in [0.2, 0.25) is 0 Å². The van der Waals surface area contributed by atoms with E-state index in [1.54, 1.807) is 6.20 Å². The maximum absolute atomic E-state index is 9.85. The summed E-state index contributed by atoms with van der Waals surface area (Å²) in [7, 11) is 0. The Morgan fingerprint density at radius 2 is 2.16 bits per heavy atom. The number of hydrogen-bond acceptors (Lipinski definition) is 4. The molecule has 0 saturated carbocycles. The number of nitrogens with zero attached hydrogens (tertiary/aromatic N) is 1. The Balaban J connectivity index is 1.87. The lowest BCUT2D eigenvalue weighted by Gasteiger charge is -2.14. The number of ether oxygens (including phenoxy) is 2. The van der Waals surface area contributed by atoms with Gasteiger partial charge in [-0.15, -0.1) is 0 Å². The highest BCUT2D eigenvalue weighted by Crippen LogP contribution is 2.37. The summed E-state index contributed by atoms with van der Waals surface area (Å²) >= 11 is 0. The number of aliphatic hydroxyl groups excluding tert-OH is 1. The summed E-state index contributed by atoms with van der Waals surface area (Å²) in [6, 6.07) is 9.90. The molecule has 2 heterocycles. The molecule has 0 bridgehead atoms. The highest BCUT2D eigenvalue weighted by atomic mass is 16.6. The lowest BCUT2D eigenvalue weighted by atomic mass is 10.1. The summed E-state index contributed by atoms with van der Waals surface area (Å²) in [5.41, 5.74) is 3.44. The minimum Gasteiger partial charge on any atom is -0.487 e. The molecule has 0 saturated heterocycles. The standard InChI is InChI=1S/C15H15NO3/c1-10-14(18-8-11-5-3-2-4-6-11)13-12(7-16-10)9-19-15(13)17/h2-7,15,17H,8-9H2,1H3. The fraction of sp³-hybridized carbons (Fsp3) is 0.267. The first-order valence-electron chi connectivity index (χ1n) is 6.20. The highest BCUT2D eigenvalue weighted by molar-refractivity contribution is 5.44. The number of aryl methyl sites for hydroxylation is 1. The molecule has 0 fully saturated rings. The molecule has 0 amide bonds. The molecule has 19 heavy (non-hydrogen) atoms. The molecule has 0 radical (unpaired) electrons. The van der Waals surface area contributed by atoms with Crippen molar-refractivity contribution < 1.29 is 14.6 Å². The van der Waals surface area contributed by atoms with E-state index in [0.29, 0.717) is 24.5 Å². The first-order valence-corrected chi connectivity index (χ1v) is 6.20. The fourth-order valence-corrected chi connectivity index (χ4v) is 2.19. The van der Waals surface area contributed by atoms with Gasteiger partial charge >= 0.3 is 0 Å².